The van der Waals surface area contributed by atoms with Gasteiger partial charge in [0.2, 0.25) is 0 Å². The zero-order chi connectivity index (χ0) is 12.1. The van der Waals surface area contributed by atoms with Gasteiger partial charge in [-0.05, 0) is 31.5 Å². The number of aromatic nitrogens is 2. The normalized spacial score (nSPS) is 10.7. The molecule has 0 radical (unpaired) electrons. The predicted octanol–water partition coefficient (Wildman–Crippen LogP) is 2.50. The fourth-order valence-corrected chi connectivity index (χ4v) is 1.74. The number of unbranched alkanes of at least 4 members (excludes halogenated alkanes) is 1. The number of nitrogens with zero attached hydrogens (tertiary/aromatic N) is 1. The van der Waals surface area contributed by atoms with E-state index in [4.69, 9.17) is 5.73 Å². The zero-order valence-corrected chi connectivity index (χ0v) is 9.62. The molecule has 2 rings (SSSR count). The molecule has 0 spiro atoms. The molecular formula is C13H16FN3. The van der Waals surface area contributed by atoms with Crippen LogP contribution in [0.2, 0.25) is 0 Å². The van der Waals surface area contributed by atoms with Gasteiger partial charge < -0.3 is 10.7 Å². The van der Waals surface area contributed by atoms with E-state index in [1.165, 1.54) is 6.07 Å². The van der Waals surface area contributed by atoms with Crippen molar-refractivity contribution in [2.45, 2.75) is 19.3 Å². The molecule has 17 heavy (non-hydrogen) atoms. The van der Waals surface area contributed by atoms with E-state index in [9.17, 15) is 4.39 Å². The van der Waals surface area contributed by atoms with Crippen LogP contribution in [-0.2, 0) is 6.42 Å². The van der Waals surface area contributed by atoms with E-state index in [1.54, 1.807) is 18.3 Å². The Bertz CT molecular complexity index is 479. The zero-order valence-electron chi connectivity index (χ0n) is 9.62. The molecule has 90 valence electrons. The summed E-state index contributed by atoms with van der Waals surface area (Å²) in [4.78, 5) is 7.38. The van der Waals surface area contributed by atoms with Gasteiger partial charge in [0.15, 0.2) is 0 Å². The Kier molecular flexibility index (Phi) is 3.88. The summed E-state index contributed by atoms with van der Waals surface area (Å²) in [6, 6.07) is 6.68. The van der Waals surface area contributed by atoms with Crippen molar-refractivity contribution in [3.05, 3.63) is 42.1 Å². The van der Waals surface area contributed by atoms with Crippen LogP contribution in [0.25, 0.3) is 11.3 Å². The molecule has 3 nitrogen and oxygen atoms in total. The molecule has 0 aliphatic heterocycles. The first-order valence-electron chi connectivity index (χ1n) is 5.80. The van der Waals surface area contributed by atoms with Crippen LogP contribution >= 0.6 is 0 Å². The minimum absolute atomic E-state index is 0.232. The second-order valence-electron chi connectivity index (χ2n) is 3.97. The highest BCUT2D eigenvalue weighted by Crippen LogP contribution is 2.20. The monoisotopic (exact) mass is 233 g/mol. The van der Waals surface area contributed by atoms with Crippen LogP contribution in [0.4, 0.5) is 4.39 Å². The van der Waals surface area contributed by atoms with Crippen LogP contribution in [0.15, 0.2) is 30.5 Å². The maximum Gasteiger partial charge on any atom is 0.132 e. The number of aryl methyl sites for hydroxylation is 1. The van der Waals surface area contributed by atoms with Crippen LogP contribution in [0.5, 0.6) is 0 Å². The third-order valence-electron chi connectivity index (χ3n) is 2.66. The summed E-state index contributed by atoms with van der Waals surface area (Å²) in [5.41, 5.74) is 6.72. The molecule has 1 aromatic heterocycles. The molecule has 0 aliphatic rings. The number of benzene rings is 1. The molecule has 3 N–H and O–H groups in total. The van der Waals surface area contributed by atoms with Gasteiger partial charge in [0, 0.05) is 12.0 Å². The predicted molar refractivity (Wildman–Crippen MR) is 66.0 cm³/mol. The van der Waals surface area contributed by atoms with Gasteiger partial charge in [-0.1, -0.05) is 12.1 Å². The summed E-state index contributed by atoms with van der Waals surface area (Å²) >= 11 is 0. The maximum atomic E-state index is 13.5. The average molecular weight is 233 g/mol. The molecule has 0 aliphatic carbocycles. The Labute approximate surface area is 99.9 Å². The molecule has 0 atom stereocenters. The topological polar surface area (TPSA) is 54.7 Å². The van der Waals surface area contributed by atoms with Crippen molar-refractivity contribution in [1.82, 2.24) is 9.97 Å². The van der Waals surface area contributed by atoms with Gasteiger partial charge in [0.05, 0.1) is 11.9 Å². The lowest BCUT2D eigenvalue weighted by atomic mass is 10.1. The molecule has 1 heterocycles. The first-order chi connectivity index (χ1) is 8.31. The minimum Gasteiger partial charge on any atom is -0.342 e. The van der Waals surface area contributed by atoms with E-state index >= 15 is 0 Å². The van der Waals surface area contributed by atoms with Crippen molar-refractivity contribution in [2.24, 2.45) is 5.73 Å². The first kappa shape index (κ1) is 11.8. The third kappa shape index (κ3) is 2.91. The Balaban J connectivity index is 2.10. The van der Waals surface area contributed by atoms with E-state index in [1.807, 2.05) is 6.07 Å². The van der Waals surface area contributed by atoms with Crippen molar-refractivity contribution in [2.75, 3.05) is 6.54 Å². The SMILES string of the molecule is NCCCCc1ncc(-c2ccccc2F)[nH]1. The van der Waals surface area contributed by atoms with Gasteiger partial charge in [-0.2, -0.15) is 0 Å². The molecular weight excluding hydrogens is 217 g/mol. The Hall–Kier alpha value is -1.68. The standard InChI is InChI=1S/C13H16FN3/c14-11-6-2-1-5-10(11)12-9-16-13(17-12)7-3-4-8-15/h1-2,5-6,9H,3-4,7-8,15H2,(H,16,17). The summed E-state index contributed by atoms with van der Waals surface area (Å²) in [5.74, 6) is 0.654. The lowest BCUT2D eigenvalue weighted by Crippen LogP contribution is -1.99. The maximum absolute atomic E-state index is 13.5. The Morgan fingerprint density at radius 3 is 2.82 bits per heavy atom. The number of rotatable bonds is 5. The number of nitrogens with one attached hydrogen (secondary N) is 1. The number of halogens is 1. The van der Waals surface area contributed by atoms with E-state index in [0.29, 0.717) is 12.1 Å². The minimum atomic E-state index is -0.232. The summed E-state index contributed by atoms with van der Waals surface area (Å²) in [6.07, 6.45) is 4.51. The fraction of sp³-hybridized carbons (Fsp3) is 0.308. The fourth-order valence-electron chi connectivity index (χ4n) is 1.74. The quantitative estimate of drug-likeness (QED) is 0.779. The van der Waals surface area contributed by atoms with Gasteiger partial charge in [0.25, 0.3) is 0 Å². The lowest BCUT2D eigenvalue weighted by Gasteiger charge is -1.99. The number of nitrogens with two attached hydrogens (primary N) is 1. The van der Waals surface area contributed by atoms with Gasteiger partial charge in [-0.3, -0.25) is 0 Å². The largest absolute Gasteiger partial charge is 0.342 e. The molecule has 2 aromatic rings. The molecule has 0 saturated carbocycles. The summed E-state index contributed by atoms with van der Waals surface area (Å²) in [5, 5.41) is 0. The molecule has 0 saturated heterocycles. The van der Waals surface area contributed by atoms with Gasteiger partial charge in [-0.25, -0.2) is 9.37 Å². The van der Waals surface area contributed by atoms with Crippen LogP contribution in [0.1, 0.15) is 18.7 Å². The van der Waals surface area contributed by atoms with Crippen molar-refractivity contribution < 1.29 is 4.39 Å². The van der Waals surface area contributed by atoms with Crippen LogP contribution in [0, 0.1) is 5.82 Å². The van der Waals surface area contributed by atoms with Crippen molar-refractivity contribution in [1.29, 1.82) is 0 Å². The molecule has 4 heteroatoms. The second kappa shape index (κ2) is 5.59. The van der Waals surface area contributed by atoms with Crippen LogP contribution < -0.4 is 5.73 Å². The summed E-state index contributed by atoms with van der Waals surface area (Å²) < 4.78 is 13.5. The lowest BCUT2D eigenvalue weighted by molar-refractivity contribution is 0.630. The molecule has 0 unspecified atom stereocenters. The van der Waals surface area contributed by atoms with Gasteiger partial charge in [0.1, 0.15) is 11.6 Å². The number of hydrogen-bond donors (Lipinski definition) is 2. The molecule has 1 aromatic carbocycles. The highest BCUT2D eigenvalue weighted by Gasteiger charge is 2.07. The van der Waals surface area contributed by atoms with E-state index in [2.05, 4.69) is 9.97 Å². The molecule has 0 fully saturated rings. The number of imidazole rings is 1. The van der Waals surface area contributed by atoms with Crippen LogP contribution in [0.3, 0.4) is 0 Å². The second-order valence-corrected chi connectivity index (χ2v) is 3.97. The third-order valence-corrected chi connectivity index (χ3v) is 2.66. The molecule has 0 bridgehead atoms. The van der Waals surface area contributed by atoms with Crippen LogP contribution in [-0.4, -0.2) is 16.5 Å². The van der Waals surface area contributed by atoms with E-state index < -0.39 is 0 Å². The highest BCUT2D eigenvalue weighted by molar-refractivity contribution is 5.59. The average Bonchev–Trinajstić information content (AvgIpc) is 2.79. The van der Waals surface area contributed by atoms with E-state index in [0.717, 1.165) is 30.8 Å². The Morgan fingerprint density at radius 1 is 1.24 bits per heavy atom. The summed E-state index contributed by atoms with van der Waals surface area (Å²) in [7, 11) is 0. The highest BCUT2D eigenvalue weighted by atomic mass is 19.1. The van der Waals surface area contributed by atoms with Crippen molar-refractivity contribution in [3.8, 4) is 11.3 Å². The smallest absolute Gasteiger partial charge is 0.132 e. The van der Waals surface area contributed by atoms with Crippen molar-refractivity contribution in [3.63, 3.8) is 0 Å². The van der Waals surface area contributed by atoms with Gasteiger partial charge in [-0.15, -0.1) is 0 Å². The number of hydrogen-bond acceptors (Lipinski definition) is 2. The molecule has 0 amide bonds. The number of aromatic amines is 1. The van der Waals surface area contributed by atoms with Crippen molar-refractivity contribution >= 4 is 0 Å². The Morgan fingerprint density at radius 2 is 2.06 bits per heavy atom. The van der Waals surface area contributed by atoms with E-state index in [-0.39, 0.29) is 5.82 Å². The van der Waals surface area contributed by atoms with Gasteiger partial charge >= 0.3 is 0 Å². The first-order valence-corrected chi connectivity index (χ1v) is 5.80. The number of H-pyrrole nitrogens is 1. The summed E-state index contributed by atoms with van der Waals surface area (Å²) in [6.45, 7) is 0.695.